The van der Waals surface area contributed by atoms with Crippen molar-refractivity contribution in [2.45, 2.75) is 13.3 Å². The van der Waals surface area contributed by atoms with Crippen molar-refractivity contribution in [1.82, 2.24) is 5.32 Å². The third-order valence-corrected chi connectivity index (χ3v) is 2.12. The summed E-state index contributed by atoms with van der Waals surface area (Å²) < 4.78 is 0. The van der Waals surface area contributed by atoms with E-state index in [0.717, 1.165) is 6.54 Å². The zero-order valence-corrected chi connectivity index (χ0v) is 9.60. The van der Waals surface area contributed by atoms with Crippen molar-refractivity contribution in [2.24, 2.45) is 0 Å². The quantitative estimate of drug-likeness (QED) is 0.446. The van der Waals surface area contributed by atoms with E-state index in [2.05, 4.69) is 10.6 Å². The monoisotopic (exact) mass is 237 g/mol. The zero-order valence-electron chi connectivity index (χ0n) is 9.60. The van der Waals surface area contributed by atoms with Crippen LogP contribution in [0, 0.1) is 10.1 Å². The van der Waals surface area contributed by atoms with Gasteiger partial charge in [0, 0.05) is 30.8 Å². The van der Waals surface area contributed by atoms with Gasteiger partial charge in [0.1, 0.15) is 0 Å². The second-order valence-corrected chi connectivity index (χ2v) is 3.46. The summed E-state index contributed by atoms with van der Waals surface area (Å²) in [7, 11) is 0. The first kappa shape index (κ1) is 13.1. The maximum Gasteiger partial charge on any atom is 0.271 e. The highest BCUT2D eigenvalue weighted by Gasteiger charge is 2.07. The number of nitro groups is 1. The Morgan fingerprint density at radius 2 is 2.24 bits per heavy atom. The Morgan fingerprint density at radius 3 is 2.88 bits per heavy atom. The van der Waals surface area contributed by atoms with Crippen LogP contribution < -0.4 is 10.6 Å². The molecule has 0 aliphatic rings. The van der Waals surface area contributed by atoms with Gasteiger partial charge in [-0.15, -0.1) is 0 Å². The van der Waals surface area contributed by atoms with Gasteiger partial charge in [0.25, 0.3) is 5.69 Å². The van der Waals surface area contributed by atoms with Crippen molar-refractivity contribution in [1.29, 1.82) is 0 Å². The average molecular weight is 237 g/mol. The van der Waals surface area contributed by atoms with Gasteiger partial charge in [-0.05, 0) is 12.6 Å². The van der Waals surface area contributed by atoms with Crippen molar-refractivity contribution < 1.29 is 9.72 Å². The number of benzene rings is 1. The van der Waals surface area contributed by atoms with E-state index < -0.39 is 4.92 Å². The van der Waals surface area contributed by atoms with Crippen molar-refractivity contribution in [3.05, 3.63) is 34.4 Å². The molecule has 1 amide bonds. The molecule has 0 unspecified atom stereocenters. The van der Waals surface area contributed by atoms with Gasteiger partial charge in [-0.2, -0.15) is 0 Å². The van der Waals surface area contributed by atoms with E-state index in [4.69, 9.17) is 0 Å². The molecule has 17 heavy (non-hydrogen) atoms. The van der Waals surface area contributed by atoms with Crippen LogP contribution in [0.2, 0.25) is 0 Å². The fourth-order valence-corrected chi connectivity index (χ4v) is 1.30. The first-order valence-electron chi connectivity index (χ1n) is 5.38. The van der Waals surface area contributed by atoms with Gasteiger partial charge in [-0.25, -0.2) is 0 Å². The predicted molar refractivity (Wildman–Crippen MR) is 64.9 cm³/mol. The largest absolute Gasteiger partial charge is 0.326 e. The maximum atomic E-state index is 11.4. The summed E-state index contributed by atoms with van der Waals surface area (Å²) in [5.41, 5.74) is 0.412. The van der Waals surface area contributed by atoms with Crippen molar-refractivity contribution in [3.8, 4) is 0 Å². The number of carbonyl (C=O) groups is 1. The number of rotatable bonds is 6. The van der Waals surface area contributed by atoms with E-state index in [1.54, 1.807) is 6.07 Å². The van der Waals surface area contributed by atoms with E-state index in [0.29, 0.717) is 18.7 Å². The Kier molecular flexibility index (Phi) is 5.09. The summed E-state index contributed by atoms with van der Waals surface area (Å²) >= 11 is 0. The Morgan fingerprint density at radius 1 is 1.47 bits per heavy atom. The second kappa shape index (κ2) is 6.59. The SMILES string of the molecule is CCNCCC(=O)Nc1cccc([N+](=O)[O-])c1. The standard InChI is InChI=1S/C11H15N3O3/c1-2-12-7-6-11(15)13-9-4-3-5-10(8-9)14(16)17/h3-5,8,12H,2,6-7H2,1H3,(H,13,15). The molecule has 1 aromatic rings. The average Bonchev–Trinajstić information content (AvgIpc) is 2.29. The Labute approximate surface area is 99.2 Å². The summed E-state index contributed by atoms with van der Waals surface area (Å²) in [6.45, 7) is 3.36. The number of nitro benzene ring substituents is 1. The van der Waals surface area contributed by atoms with Crippen molar-refractivity contribution in [2.75, 3.05) is 18.4 Å². The summed E-state index contributed by atoms with van der Waals surface area (Å²) in [4.78, 5) is 21.5. The molecular formula is C11H15N3O3. The number of anilines is 1. The van der Waals surface area contributed by atoms with Crippen LogP contribution in [0.3, 0.4) is 0 Å². The molecule has 0 radical (unpaired) electrons. The molecular weight excluding hydrogens is 222 g/mol. The van der Waals surface area contributed by atoms with E-state index in [-0.39, 0.29) is 11.6 Å². The molecule has 0 saturated heterocycles. The minimum absolute atomic E-state index is 0.0329. The Bertz CT molecular complexity index is 407. The highest BCUT2D eigenvalue weighted by Crippen LogP contribution is 2.16. The number of nitrogens with zero attached hydrogens (tertiary/aromatic N) is 1. The molecule has 1 rings (SSSR count). The number of hydrogen-bond donors (Lipinski definition) is 2. The number of carbonyl (C=O) groups excluding carboxylic acids is 1. The molecule has 0 aliphatic heterocycles. The first-order chi connectivity index (χ1) is 8.13. The molecule has 2 N–H and O–H groups in total. The van der Waals surface area contributed by atoms with Gasteiger partial charge < -0.3 is 10.6 Å². The molecule has 0 spiro atoms. The predicted octanol–water partition coefficient (Wildman–Crippen LogP) is 1.53. The fourth-order valence-electron chi connectivity index (χ4n) is 1.30. The van der Waals surface area contributed by atoms with Gasteiger partial charge in [0.15, 0.2) is 0 Å². The summed E-state index contributed by atoms with van der Waals surface area (Å²) in [6, 6.07) is 5.88. The molecule has 0 fully saturated rings. The van der Waals surface area contributed by atoms with Crippen LogP contribution in [0.5, 0.6) is 0 Å². The molecule has 0 atom stereocenters. The van der Waals surface area contributed by atoms with E-state index in [9.17, 15) is 14.9 Å². The molecule has 0 aliphatic carbocycles. The topological polar surface area (TPSA) is 84.3 Å². The number of amides is 1. The van der Waals surface area contributed by atoms with Crippen LogP contribution >= 0.6 is 0 Å². The molecule has 6 heteroatoms. The van der Waals surface area contributed by atoms with Crippen LogP contribution in [-0.4, -0.2) is 23.9 Å². The minimum Gasteiger partial charge on any atom is -0.326 e. The van der Waals surface area contributed by atoms with Crippen LogP contribution in [0.1, 0.15) is 13.3 Å². The third kappa shape index (κ3) is 4.60. The van der Waals surface area contributed by atoms with Crippen LogP contribution in [0.25, 0.3) is 0 Å². The normalized spacial score (nSPS) is 9.94. The molecule has 0 heterocycles. The molecule has 1 aromatic carbocycles. The maximum absolute atomic E-state index is 11.4. The van der Waals surface area contributed by atoms with E-state index in [1.165, 1.54) is 18.2 Å². The summed E-state index contributed by atoms with van der Waals surface area (Å²) in [5.74, 6) is -0.161. The van der Waals surface area contributed by atoms with Gasteiger partial charge in [-0.1, -0.05) is 13.0 Å². The van der Waals surface area contributed by atoms with Gasteiger partial charge >= 0.3 is 0 Å². The van der Waals surface area contributed by atoms with E-state index >= 15 is 0 Å². The Hall–Kier alpha value is -1.95. The fraction of sp³-hybridized carbons (Fsp3) is 0.364. The zero-order chi connectivity index (χ0) is 12.7. The lowest BCUT2D eigenvalue weighted by molar-refractivity contribution is -0.384. The summed E-state index contributed by atoms with van der Waals surface area (Å²) in [5, 5.41) is 16.2. The van der Waals surface area contributed by atoms with Gasteiger partial charge in [0.2, 0.25) is 5.91 Å². The lowest BCUT2D eigenvalue weighted by atomic mass is 10.2. The van der Waals surface area contributed by atoms with Crippen molar-refractivity contribution in [3.63, 3.8) is 0 Å². The smallest absolute Gasteiger partial charge is 0.271 e. The molecule has 0 aromatic heterocycles. The van der Waals surface area contributed by atoms with Crippen molar-refractivity contribution >= 4 is 17.3 Å². The third-order valence-electron chi connectivity index (χ3n) is 2.12. The van der Waals surface area contributed by atoms with Crippen LogP contribution in [-0.2, 0) is 4.79 Å². The number of nitrogens with one attached hydrogen (secondary N) is 2. The molecule has 0 bridgehead atoms. The Balaban J connectivity index is 2.53. The lowest BCUT2D eigenvalue weighted by Crippen LogP contribution is -2.21. The molecule has 6 nitrogen and oxygen atoms in total. The lowest BCUT2D eigenvalue weighted by Gasteiger charge is -2.05. The first-order valence-corrected chi connectivity index (χ1v) is 5.38. The van der Waals surface area contributed by atoms with Crippen LogP contribution in [0.15, 0.2) is 24.3 Å². The molecule has 92 valence electrons. The van der Waals surface area contributed by atoms with Gasteiger partial charge in [-0.3, -0.25) is 14.9 Å². The summed E-state index contributed by atoms with van der Waals surface area (Å²) in [6.07, 6.45) is 0.344. The highest BCUT2D eigenvalue weighted by atomic mass is 16.6. The second-order valence-electron chi connectivity index (χ2n) is 3.46. The number of non-ortho nitro benzene ring substituents is 1. The molecule has 0 saturated carbocycles. The van der Waals surface area contributed by atoms with Gasteiger partial charge in [0.05, 0.1) is 4.92 Å². The van der Waals surface area contributed by atoms with E-state index in [1.807, 2.05) is 6.92 Å². The van der Waals surface area contributed by atoms with Crippen LogP contribution in [0.4, 0.5) is 11.4 Å². The number of hydrogen-bond acceptors (Lipinski definition) is 4. The minimum atomic E-state index is -0.492. The highest BCUT2D eigenvalue weighted by molar-refractivity contribution is 5.91.